The number of carbonyl (C=O) groups excluding carboxylic acids is 1. The predicted molar refractivity (Wildman–Crippen MR) is 107 cm³/mol. The number of fused-ring (bicyclic) bond motifs is 1. The van der Waals surface area contributed by atoms with E-state index in [1.165, 1.54) is 27.4 Å². The lowest BCUT2D eigenvalue weighted by Gasteiger charge is -2.09. The van der Waals surface area contributed by atoms with Crippen molar-refractivity contribution in [3.05, 3.63) is 43.9 Å². The molecule has 10 heteroatoms. The van der Waals surface area contributed by atoms with Gasteiger partial charge in [0.2, 0.25) is 0 Å². The van der Waals surface area contributed by atoms with Crippen LogP contribution < -0.4 is 11.0 Å². The standard InChI is InChI=1S/C17H18ClN5O2S2/c18-13-6-5-12(27-13)16-20-11(10-26-16)15(24)19-7-3-9-23-17(25)22-8-2-1-4-14(22)21-23/h5-6,10H,1-4,7-9H2,(H,19,24). The van der Waals surface area contributed by atoms with Crippen LogP contribution >= 0.6 is 34.3 Å². The van der Waals surface area contributed by atoms with E-state index in [1.54, 1.807) is 9.95 Å². The van der Waals surface area contributed by atoms with Gasteiger partial charge >= 0.3 is 5.69 Å². The molecule has 0 aliphatic carbocycles. The molecule has 0 saturated carbocycles. The minimum Gasteiger partial charge on any atom is -0.351 e. The van der Waals surface area contributed by atoms with E-state index in [4.69, 9.17) is 11.6 Å². The van der Waals surface area contributed by atoms with Crippen molar-refractivity contribution in [3.8, 4) is 9.88 Å². The van der Waals surface area contributed by atoms with Crippen molar-refractivity contribution in [2.24, 2.45) is 0 Å². The van der Waals surface area contributed by atoms with Crippen LogP contribution in [0.3, 0.4) is 0 Å². The lowest BCUT2D eigenvalue weighted by molar-refractivity contribution is 0.0948. The number of thiophene rings is 1. The second-order valence-electron chi connectivity index (χ2n) is 6.28. The number of carbonyl (C=O) groups is 1. The van der Waals surface area contributed by atoms with Gasteiger partial charge in [-0.25, -0.2) is 14.5 Å². The van der Waals surface area contributed by atoms with Crippen LogP contribution in [0.5, 0.6) is 0 Å². The number of aromatic nitrogens is 4. The molecule has 0 unspecified atom stereocenters. The maximum Gasteiger partial charge on any atom is 0.345 e. The number of rotatable bonds is 6. The van der Waals surface area contributed by atoms with Gasteiger partial charge in [-0.1, -0.05) is 11.6 Å². The summed E-state index contributed by atoms with van der Waals surface area (Å²) in [6, 6.07) is 3.72. The van der Waals surface area contributed by atoms with Gasteiger partial charge in [-0.05, 0) is 31.4 Å². The Morgan fingerprint density at radius 3 is 3.00 bits per heavy atom. The fourth-order valence-corrected chi connectivity index (χ4v) is 4.95. The first kappa shape index (κ1) is 18.4. The first-order chi connectivity index (χ1) is 13.1. The second kappa shape index (κ2) is 7.95. The van der Waals surface area contributed by atoms with E-state index < -0.39 is 0 Å². The molecule has 0 saturated heterocycles. The minimum absolute atomic E-state index is 0.0465. The van der Waals surface area contributed by atoms with Crippen LogP contribution in [0.2, 0.25) is 4.34 Å². The number of amides is 1. The minimum atomic E-state index is -0.211. The maximum atomic E-state index is 12.3. The molecule has 1 amide bonds. The number of hydrogen-bond acceptors (Lipinski definition) is 6. The summed E-state index contributed by atoms with van der Waals surface area (Å²) in [5.41, 5.74) is 0.351. The molecule has 0 fully saturated rings. The molecule has 0 spiro atoms. The topological polar surface area (TPSA) is 81.8 Å². The second-order valence-corrected chi connectivity index (χ2v) is 8.85. The van der Waals surface area contributed by atoms with Gasteiger partial charge in [-0.2, -0.15) is 5.10 Å². The van der Waals surface area contributed by atoms with Crippen LogP contribution in [0, 0.1) is 0 Å². The van der Waals surface area contributed by atoms with Crippen LogP contribution in [-0.4, -0.2) is 31.8 Å². The summed E-state index contributed by atoms with van der Waals surface area (Å²) >= 11 is 8.80. The van der Waals surface area contributed by atoms with Gasteiger partial charge in [0.25, 0.3) is 5.91 Å². The number of nitrogens with one attached hydrogen (secondary N) is 1. The van der Waals surface area contributed by atoms with Crippen LogP contribution in [0.25, 0.3) is 9.88 Å². The highest BCUT2D eigenvalue weighted by atomic mass is 35.5. The van der Waals surface area contributed by atoms with Crippen LogP contribution in [0.4, 0.5) is 0 Å². The summed E-state index contributed by atoms with van der Waals surface area (Å²) in [5.74, 6) is 0.663. The predicted octanol–water partition coefficient (Wildman–Crippen LogP) is 3.04. The monoisotopic (exact) mass is 423 g/mol. The molecule has 0 aromatic carbocycles. The van der Waals surface area contributed by atoms with E-state index in [1.807, 2.05) is 12.1 Å². The molecule has 1 N–H and O–H groups in total. The van der Waals surface area contributed by atoms with Crippen molar-refractivity contribution >= 4 is 40.2 Å². The van der Waals surface area contributed by atoms with Gasteiger partial charge in [-0.15, -0.1) is 22.7 Å². The lowest BCUT2D eigenvalue weighted by Crippen LogP contribution is -2.29. The van der Waals surface area contributed by atoms with E-state index >= 15 is 0 Å². The van der Waals surface area contributed by atoms with Gasteiger partial charge in [0.15, 0.2) is 0 Å². The van der Waals surface area contributed by atoms with Crippen molar-refractivity contribution in [2.75, 3.05) is 6.54 Å². The molecule has 1 aliphatic rings. The zero-order valence-electron chi connectivity index (χ0n) is 14.5. The van der Waals surface area contributed by atoms with E-state index in [9.17, 15) is 9.59 Å². The molecule has 3 aromatic rings. The highest BCUT2D eigenvalue weighted by Crippen LogP contribution is 2.32. The van der Waals surface area contributed by atoms with Crippen molar-refractivity contribution in [1.29, 1.82) is 0 Å². The zero-order chi connectivity index (χ0) is 18.8. The Morgan fingerprint density at radius 2 is 2.22 bits per heavy atom. The van der Waals surface area contributed by atoms with Crippen LogP contribution in [-0.2, 0) is 19.5 Å². The third-order valence-corrected chi connectivity index (χ3v) is 6.63. The van der Waals surface area contributed by atoms with Gasteiger partial charge in [0, 0.05) is 31.4 Å². The van der Waals surface area contributed by atoms with E-state index in [2.05, 4.69) is 15.4 Å². The molecule has 3 aromatic heterocycles. The molecule has 1 aliphatic heterocycles. The molecule has 142 valence electrons. The summed E-state index contributed by atoms with van der Waals surface area (Å²) in [6.45, 7) is 1.72. The normalized spacial score (nSPS) is 13.5. The molecule has 4 heterocycles. The summed E-state index contributed by atoms with van der Waals surface area (Å²) in [6.07, 6.45) is 3.61. The molecular weight excluding hydrogens is 406 g/mol. The van der Waals surface area contributed by atoms with Crippen molar-refractivity contribution in [2.45, 2.75) is 38.8 Å². The Kier molecular flexibility index (Phi) is 5.42. The zero-order valence-corrected chi connectivity index (χ0v) is 16.9. The summed E-state index contributed by atoms with van der Waals surface area (Å²) < 4.78 is 3.96. The summed E-state index contributed by atoms with van der Waals surface area (Å²) in [5, 5.41) is 9.78. The third-order valence-electron chi connectivity index (χ3n) is 4.38. The fourth-order valence-electron chi connectivity index (χ4n) is 3.04. The lowest BCUT2D eigenvalue weighted by atomic mass is 10.2. The van der Waals surface area contributed by atoms with Gasteiger partial charge < -0.3 is 5.32 Å². The van der Waals surface area contributed by atoms with Gasteiger partial charge in [-0.3, -0.25) is 9.36 Å². The fraction of sp³-hybridized carbons (Fsp3) is 0.412. The quantitative estimate of drug-likeness (QED) is 0.618. The molecule has 0 radical (unpaired) electrons. The molecule has 0 atom stereocenters. The largest absolute Gasteiger partial charge is 0.351 e. The molecule has 27 heavy (non-hydrogen) atoms. The SMILES string of the molecule is O=C(NCCCn1nc2n(c1=O)CCCC2)c1csc(-c2ccc(Cl)s2)n1. The van der Waals surface area contributed by atoms with Crippen molar-refractivity contribution in [3.63, 3.8) is 0 Å². The molecule has 7 nitrogen and oxygen atoms in total. The van der Waals surface area contributed by atoms with Crippen molar-refractivity contribution in [1.82, 2.24) is 24.6 Å². The Balaban J connectivity index is 1.30. The number of thiazole rings is 1. The smallest absolute Gasteiger partial charge is 0.345 e. The van der Waals surface area contributed by atoms with E-state index in [-0.39, 0.29) is 11.6 Å². The summed E-state index contributed by atoms with van der Waals surface area (Å²) in [4.78, 5) is 29.8. The Bertz CT molecular complexity index is 1020. The molecule has 4 rings (SSSR count). The van der Waals surface area contributed by atoms with Crippen LogP contribution in [0.1, 0.15) is 35.6 Å². The number of aryl methyl sites for hydroxylation is 2. The number of nitrogens with zero attached hydrogens (tertiary/aromatic N) is 4. The molecular formula is C17H18ClN5O2S2. The average Bonchev–Trinajstić information content (AvgIpc) is 3.38. The molecule has 0 bridgehead atoms. The Morgan fingerprint density at radius 1 is 1.33 bits per heavy atom. The summed E-state index contributed by atoms with van der Waals surface area (Å²) in [7, 11) is 0. The highest BCUT2D eigenvalue weighted by molar-refractivity contribution is 7.23. The van der Waals surface area contributed by atoms with Gasteiger partial charge in [0.1, 0.15) is 16.5 Å². The highest BCUT2D eigenvalue weighted by Gasteiger charge is 2.16. The maximum absolute atomic E-state index is 12.3. The Labute approximate surface area is 168 Å². The first-order valence-corrected chi connectivity index (χ1v) is 10.8. The number of halogens is 1. The first-order valence-electron chi connectivity index (χ1n) is 8.78. The van der Waals surface area contributed by atoms with Gasteiger partial charge in [0.05, 0.1) is 9.21 Å². The number of hydrogen-bond donors (Lipinski definition) is 1. The third kappa shape index (κ3) is 3.99. The van der Waals surface area contributed by atoms with Crippen LogP contribution in [0.15, 0.2) is 22.3 Å². The van der Waals surface area contributed by atoms with E-state index in [0.29, 0.717) is 29.5 Å². The Hall–Kier alpha value is -1.97. The van der Waals surface area contributed by atoms with E-state index in [0.717, 1.165) is 41.5 Å². The average molecular weight is 424 g/mol. The van der Waals surface area contributed by atoms with Crippen molar-refractivity contribution < 1.29 is 4.79 Å².